The van der Waals surface area contributed by atoms with Gasteiger partial charge in [-0.1, -0.05) is 0 Å². The van der Waals surface area contributed by atoms with Gasteiger partial charge in [0.1, 0.15) is 12.4 Å². The number of amides is 1. The van der Waals surface area contributed by atoms with Gasteiger partial charge in [0.15, 0.2) is 0 Å². The van der Waals surface area contributed by atoms with Gasteiger partial charge in [-0.2, -0.15) is 20.2 Å². The monoisotopic (exact) mass is 372 g/mol. The fraction of sp³-hybridized carbons (Fsp3) is 0.471. The number of aryl methyl sites for hydroxylation is 2. The van der Waals surface area contributed by atoms with Crippen LogP contribution in [-0.4, -0.2) is 52.1 Å². The topological polar surface area (TPSA) is 124 Å². The molecule has 0 aromatic carbocycles. The summed E-state index contributed by atoms with van der Waals surface area (Å²) in [5.74, 6) is 0.837. The van der Waals surface area contributed by atoms with E-state index in [1.807, 2.05) is 19.9 Å². The fourth-order valence-electron chi connectivity index (χ4n) is 3.07. The summed E-state index contributed by atoms with van der Waals surface area (Å²) in [6, 6.07) is 1.91. The molecule has 1 amide bonds. The quantitative estimate of drug-likeness (QED) is 0.563. The lowest BCUT2D eigenvalue weighted by molar-refractivity contribution is -0.121. The van der Waals surface area contributed by atoms with Crippen LogP contribution < -0.4 is 20.8 Å². The third-order valence-corrected chi connectivity index (χ3v) is 4.29. The van der Waals surface area contributed by atoms with Gasteiger partial charge in [-0.25, -0.2) is 5.43 Å². The molecule has 1 aliphatic heterocycles. The number of nitrogens with two attached hydrogens (primary N) is 1. The Bertz CT molecular complexity index is 855. The van der Waals surface area contributed by atoms with Gasteiger partial charge in [-0.15, -0.1) is 0 Å². The van der Waals surface area contributed by atoms with Gasteiger partial charge >= 0.3 is 0 Å². The number of methoxy groups -OCH3 is 1. The van der Waals surface area contributed by atoms with E-state index in [2.05, 4.69) is 30.5 Å². The lowest BCUT2D eigenvalue weighted by Gasteiger charge is -2.19. The molecule has 0 atom stereocenters. The summed E-state index contributed by atoms with van der Waals surface area (Å²) >= 11 is 0. The molecule has 10 heteroatoms. The molecule has 0 radical (unpaired) electrons. The van der Waals surface area contributed by atoms with E-state index in [-0.39, 0.29) is 18.4 Å². The van der Waals surface area contributed by atoms with Gasteiger partial charge in [-0.05, 0) is 32.8 Å². The Kier molecular flexibility index (Phi) is 5.53. The molecule has 1 aliphatic rings. The number of carbonyl (C=O) groups excluding carboxylic acids is 1. The van der Waals surface area contributed by atoms with Crippen LogP contribution >= 0.6 is 0 Å². The molecule has 3 rings (SSSR count). The second kappa shape index (κ2) is 8.02. The predicted octanol–water partition coefficient (Wildman–Crippen LogP) is 0.631. The molecular weight excluding hydrogens is 348 g/mol. The molecule has 2 aromatic heterocycles. The first-order valence-electron chi connectivity index (χ1n) is 8.77. The molecule has 2 aromatic rings. The van der Waals surface area contributed by atoms with Crippen molar-refractivity contribution >= 4 is 23.9 Å². The second-order valence-electron chi connectivity index (χ2n) is 6.40. The third kappa shape index (κ3) is 4.33. The van der Waals surface area contributed by atoms with Gasteiger partial charge in [0.25, 0.3) is 5.91 Å². The zero-order valence-corrected chi connectivity index (χ0v) is 15.8. The van der Waals surface area contributed by atoms with Crippen LogP contribution in [0.15, 0.2) is 11.2 Å². The maximum Gasteiger partial charge on any atom is 0.261 e. The Balaban J connectivity index is 1.75. The molecule has 1 saturated heterocycles. The second-order valence-corrected chi connectivity index (χ2v) is 6.40. The molecule has 10 nitrogen and oxygen atoms in total. The van der Waals surface area contributed by atoms with E-state index in [1.165, 1.54) is 13.3 Å². The zero-order valence-electron chi connectivity index (χ0n) is 15.8. The molecule has 0 spiro atoms. The summed E-state index contributed by atoms with van der Waals surface area (Å²) in [6.07, 6.45) is 3.66. The van der Waals surface area contributed by atoms with Gasteiger partial charge in [-0.3, -0.25) is 9.48 Å². The van der Waals surface area contributed by atoms with Crippen LogP contribution in [0, 0.1) is 13.8 Å². The number of carbonyl (C=O) groups is 1. The van der Waals surface area contributed by atoms with E-state index in [4.69, 9.17) is 10.5 Å². The van der Waals surface area contributed by atoms with Crippen LogP contribution in [0.3, 0.4) is 0 Å². The lowest BCUT2D eigenvalue weighted by atomic mass is 10.3. The number of hydrogen-bond acceptors (Lipinski definition) is 8. The Labute approximate surface area is 157 Å². The van der Waals surface area contributed by atoms with E-state index in [0.717, 1.165) is 37.3 Å². The number of anilines is 2. The number of hydrogen-bond donors (Lipinski definition) is 2. The van der Waals surface area contributed by atoms with Crippen LogP contribution in [0.1, 0.15) is 29.8 Å². The Hall–Kier alpha value is -3.17. The minimum atomic E-state index is -0.282. The van der Waals surface area contributed by atoms with Crippen molar-refractivity contribution in [2.24, 2.45) is 5.10 Å². The zero-order chi connectivity index (χ0) is 19.4. The standard InChI is InChI=1S/C17H24N8O2/c1-11-8-12(2)25(23-11)10-14(26)22-19-9-13-15(24-6-4-5-7-24)20-17(18)21-16(13)27-3/h8-9H,4-7,10H2,1-3H3,(H,22,26)(H2,18,20,21)/b19-9+. The number of nitrogen functional groups attached to an aromatic ring is 1. The third-order valence-electron chi connectivity index (χ3n) is 4.29. The summed E-state index contributed by atoms with van der Waals surface area (Å²) in [6.45, 7) is 5.63. The number of rotatable bonds is 6. The molecule has 3 N–H and O–H groups in total. The first kappa shape index (κ1) is 18.6. The number of aromatic nitrogens is 4. The largest absolute Gasteiger partial charge is 0.480 e. The van der Waals surface area contributed by atoms with Crippen LogP contribution in [0.5, 0.6) is 5.88 Å². The first-order valence-corrected chi connectivity index (χ1v) is 8.77. The maximum atomic E-state index is 12.1. The molecule has 144 valence electrons. The first-order chi connectivity index (χ1) is 13.0. The highest BCUT2D eigenvalue weighted by molar-refractivity contribution is 5.90. The van der Waals surface area contributed by atoms with Crippen molar-refractivity contribution in [3.05, 3.63) is 23.0 Å². The highest BCUT2D eigenvalue weighted by Crippen LogP contribution is 2.27. The Morgan fingerprint density at radius 2 is 2.11 bits per heavy atom. The van der Waals surface area contributed by atoms with Crippen LogP contribution in [0.25, 0.3) is 0 Å². The van der Waals surface area contributed by atoms with Crippen molar-refractivity contribution in [2.45, 2.75) is 33.2 Å². The molecule has 0 saturated carbocycles. The molecule has 0 aliphatic carbocycles. The summed E-state index contributed by atoms with van der Waals surface area (Å²) in [4.78, 5) is 22.7. The van der Waals surface area contributed by atoms with Crippen molar-refractivity contribution in [3.63, 3.8) is 0 Å². The number of nitrogens with zero attached hydrogens (tertiary/aromatic N) is 6. The van der Waals surface area contributed by atoms with E-state index < -0.39 is 0 Å². The van der Waals surface area contributed by atoms with Crippen molar-refractivity contribution < 1.29 is 9.53 Å². The van der Waals surface area contributed by atoms with Crippen LogP contribution in [0.2, 0.25) is 0 Å². The van der Waals surface area contributed by atoms with Crippen molar-refractivity contribution in [1.29, 1.82) is 0 Å². The van der Waals surface area contributed by atoms with Crippen molar-refractivity contribution in [3.8, 4) is 5.88 Å². The normalized spacial score (nSPS) is 14.1. The molecule has 1 fully saturated rings. The summed E-state index contributed by atoms with van der Waals surface area (Å²) < 4.78 is 6.95. The minimum absolute atomic E-state index is 0.0887. The molecule has 3 heterocycles. The Morgan fingerprint density at radius 1 is 1.37 bits per heavy atom. The average Bonchev–Trinajstić information content (AvgIpc) is 3.25. The van der Waals surface area contributed by atoms with E-state index >= 15 is 0 Å². The van der Waals surface area contributed by atoms with Gasteiger partial charge < -0.3 is 15.4 Å². The number of hydrazone groups is 1. The van der Waals surface area contributed by atoms with Crippen LogP contribution in [-0.2, 0) is 11.3 Å². The van der Waals surface area contributed by atoms with E-state index in [1.54, 1.807) is 4.68 Å². The van der Waals surface area contributed by atoms with Crippen LogP contribution in [0.4, 0.5) is 11.8 Å². The van der Waals surface area contributed by atoms with E-state index in [0.29, 0.717) is 17.3 Å². The smallest absolute Gasteiger partial charge is 0.261 e. The van der Waals surface area contributed by atoms with Gasteiger partial charge in [0.2, 0.25) is 11.8 Å². The average molecular weight is 372 g/mol. The molecular formula is C17H24N8O2. The molecule has 27 heavy (non-hydrogen) atoms. The molecule has 0 bridgehead atoms. The highest BCUT2D eigenvalue weighted by Gasteiger charge is 2.21. The fourth-order valence-corrected chi connectivity index (χ4v) is 3.07. The summed E-state index contributed by atoms with van der Waals surface area (Å²) in [5, 5.41) is 8.31. The number of nitrogens with one attached hydrogen (secondary N) is 1. The van der Waals surface area contributed by atoms with Crippen molar-refractivity contribution in [1.82, 2.24) is 25.2 Å². The summed E-state index contributed by atoms with van der Waals surface area (Å²) in [7, 11) is 1.51. The Morgan fingerprint density at radius 3 is 2.74 bits per heavy atom. The maximum absolute atomic E-state index is 12.1. The predicted molar refractivity (Wildman–Crippen MR) is 102 cm³/mol. The number of ether oxygens (including phenoxy) is 1. The lowest BCUT2D eigenvalue weighted by Crippen LogP contribution is -2.25. The van der Waals surface area contributed by atoms with E-state index in [9.17, 15) is 4.79 Å². The van der Waals surface area contributed by atoms with Gasteiger partial charge in [0, 0.05) is 18.8 Å². The highest BCUT2D eigenvalue weighted by atomic mass is 16.5. The SMILES string of the molecule is COc1nc(N)nc(N2CCCC2)c1/C=N/NC(=O)Cn1nc(C)cc1C. The molecule has 0 unspecified atom stereocenters. The summed E-state index contributed by atoms with van der Waals surface area (Å²) in [5.41, 5.74) is 10.7. The minimum Gasteiger partial charge on any atom is -0.480 e. The van der Waals surface area contributed by atoms with Crippen molar-refractivity contribution in [2.75, 3.05) is 30.8 Å². The van der Waals surface area contributed by atoms with Gasteiger partial charge in [0.05, 0.1) is 24.6 Å².